The van der Waals surface area contributed by atoms with Crippen LogP contribution >= 0.6 is 0 Å². The number of likely N-dealkylation sites (tertiary alicyclic amines) is 1. The number of benzene rings is 1. The largest absolute Gasteiger partial charge is 0.493 e. The number of nitrogens with zero attached hydrogens (tertiary/aromatic N) is 1. The van der Waals surface area contributed by atoms with Crippen LogP contribution in [0.4, 0.5) is 0 Å². The van der Waals surface area contributed by atoms with E-state index in [4.69, 9.17) is 14.2 Å². The Morgan fingerprint density at radius 2 is 1.56 bits per heavy atom. The van der Waals surface area contributed by atoms with Crippen LogP contribution in [0.5, 0.6) is 17.2 Å². The average Bonchev–Trinajstić information content (AvgIpc) is 2.66. The topological polar surface area (TPSA) is 77.1 Å². The Morgan fingerprint density at radius 3 is 2.04 bits per heavy atom. The molecule has 1 aliphatic rings. The van der Waals surface area contributed by atoms with Crippen LogP contribution in [0.15, 0.2) is 12.1 Å². The van der Waals surface area contributed by atoms with Gasteiger partial charge < -0.3 is 24.4 Å². The van der Waals surface area contributed by atoms with Crippen molar-refractivity contribution < 1.29 is 23.8 Å². The fourth-order valence-electron chi connectivity index (χ4n) is 2.94. The number of carbonyl (C=O) groups is 2. The molecule has 1 aliphatic heterocycles. The number of hydrogen-bond donors (Lipinski definition) is 1. The first-order valence-corrected chi connectivity index (χ1v) is 8.41. The van der Waals surface area contributed by atoms with Crippen LogP contribution in [0.25, 0.3) is 0 Å². The molecule has 1 unspecified atom stereocenters. The highest BCUT2D eigenvalue weighted by molar-refractivity contribution is 5.98. The van der Waals surface area contributed by atoms with Crippen LogP contribution < -0.4 is 19.5 Å². The Hall–Kier alpha value is -2.44. The van der Waals surface area contributed by atoms with E-state index in [9.17, 15) is 9.59 Å². The minimum atomic E-state index is -0.593. The molecule has 7 heteroatoms. The third-order valence-electron chi connectivity index (χ3n) is 4.31. The number of amides is 2. The molecule has 1 aromatic rings. The molecule has 0 aliphatic carbocycles. The van der Waals surface area contributed by atoms with Gasteiger partial charge in [-0.2, -0.15) is 0 Å². The van der Waals surface area contributed by atoms with Gasteiger partial charge in [0.1, 0.15) is 6.04 Å². The molecule has 0 bridgehead atoms. The number of methoxy groups -OCH3 is 3. The van der Waals surface area contributed by atoms with Gasteiger partial charge in [-0.1, -0.05) is 0 Å². The Bertz CT molecular complexity index is 601. The van der Waals surface area contributed by atoms with E-state index in [0.717, 1.165) is 32.4 Å². The first kappa shape index (κ1) is 18.9. The second kappa shape index (κ2) is 8.60. The molecule has 1 fully saturated rings. The number of ether oxygens (including phenoxy) is 3. The normalized spacial score (nSPS) is 15.3. The fourth-order valence-corrected chi connectivity index (χ4v) is 2.94. The van der Waals surface area contributed by atoms with E-state index >= 15 is 0 Å². The molecule has 2 rings (SSSR count). The monoisotopic (exact) mass is 350 g/mol. The van der Waals surface area contributed by atoms with Crippen molar-refractivity contribution >= 4 is 11.8 Å². The SMILES string of the molecule is COc1cc(C(=O)NC(C)C(=O)N2CCCCC2)cc(OC)c1OC. The summed E-state index contributed by atoms with van der Waals surface area (Å²) in [5.74, 6) is 0.778. The van der Waals surface area contributed by atoms with Gasteiger partial charge in [-0.3, -0.25) is 9.59 Å². The highest BCUT2D eigenvalue weighted by Crippen LogP contribution is 2.38. The van der Waals surface area contributed by atoms with E-state index in [1.54, 1.807) is 19.1 Å². The third-order valence-corrected chi connectivity index (χ3v) is 4.31. The van der Waals surface area contributed by atoms with Crippen LogP contribution in [0.2, 0.25) is 0 Å². The summed E-state index contributed by atoms with van der Waals surface area (Å²) in [6.07, 6.45) is 3.18. The molecule has 0 spiro atoms. The van der Waals surface area contributed by atoms with Gasteiger partial charge >= 0.3 is 0 Å². The van der Waals surface area contributed by atoms with Crippen LogP contribution in [-0.2, 0) is 4.79 Å². The van der Waals surface area contributed by atoms with E-state index in [1.807, 2.05) is 4.90 Å². The van der Waals surface area contributed by atoms with Crippen molar-refractivity contribution in [3.05, 3.63) is 17.7 Å². The third kappa shape index (κ3) is 4.35. The molecule has 25 heavy (non-hydrogen) atoms. The summed E-state index contributed by atoms with van der Waals surface area (Å²) in [7, 11) is 4.47. The lowest BCUT2D eigenvalue weighted by atomic mass is 10.1. The lowest BCUT2D eigenvalue weighted by Gasteiger charge is -2.29. The standard InChI is InChI=1S/C18H26N2O5/c1-12(18(22)20-8-6-5-7-9-20)19-17(21)13-10-14(23-2)16(25-4)15(11-13)24-3/h10-12H,5-9H2,1-4H3,(H,19,21). The second-order valence-corrected chi connectivity index (χ2v) is 6.00. The van der Waals surface area contributed by atoms with Crippen molar-refractivity contribution in [2.45, 2.75) is 32.2 Å². The lowest BCUT2D eigenvalue weighted by Crippen LogP contribution is -2.48. The van der Waals surface area contributed by atoms with Gasteiger partial charge in [-0.25, -0.2) is 0 Å². The highest BCUT2D eigenvalue weighted by Gasteiger charge is 2.25. The summed E-state index contributed by atoms with van der Waals surface area (Å²) in [6, 6.07) is 2.54. The summed E-state index contributed by atoms with van der Waals surface area (Å²) in [5.41, 5.74) is 0.341. The predicted octanol–water partition coefficient (Wildman–Crippen LogP) is 1.84. The molecule has 0 saturated carbocycles. The van der Waals surface area contributed by atoms with Gasteiger partial charge in [-0.15, -0.1) is 0 Å². The van der Waals surface area contributed by atoms with Crippen molar-refractivity contribution in [1.82, 2.24) is 10.2 Å². The van der Waals surface area contributed by atoms with Gasteiger partial charge in [0.15, 0.2) is 11.5 Å². The van der Waals surface area contributed by atoms with Crippen molar-refractivity contribution in [3.8, 4) is 17.2 Å². The highest BCUT2D eigenvalue weighted by atomic mass is 16.5. The summed E-state index contributed by atoms with van der Waals surface area (Å²) in [4.78, 5) is 26.8. The van der Waals surface area contributed by atoms with Crippen molar-refractivity contribution in [1.29, 1.82) is 0 Å². The predicted molar refractivity (Wildman–Crippen MR) is 93.5 cm³/mol. The van der Waals surface area contributed by atoms with Crippen LogP contribution in [0.3, 0.4) is 0 Å². The van der Waals surface area contributed by atoms with Crippen molar-refractivity contribution in [3.63, 3.8) is 0 Å². The molecule has 1 aromatic carbocycles. The van der Waals surface area contributed by atoms with E-state index in [2.05, 4.69) is 5.32 Å². The zero-order chi connectivity index (χ0) is 18.4. The maximum atomic E-state index is 12.5. The molecule has 0 aromatic heterocycles. The molecule has 1 saturated heterocycles. The van der Waals surface area contributed by atoms with Crippen LogP contribution in [0.1, 0.15) is 36.5 Å². The summed E-state index contributed by atoms with van der Waals surface area (Å²) in [5, 5.41) is 2.75. The Labute approximate surface area is 148 Å². The molecule has 7 nitrogen and oxygen atoms in total. The summed E-state index contributed by atoms with van der Waals surface area (Å²) < 4.78 is 15.8. The zero-order valence-electron chi connectivity index (χ0n) is 15.3. The minimum absolute atomic E-state index is 0.0551. The molecule has 138 valence electrons. The zero-order valence-corrected chi connectivity index (χ0v) is 15.3. The number of nitrogens with one attached hydrogen (secondary N) is 1. The summed E-state index contributed by atoms with van der Waals surface area (Å²) in [6.45, 7) is 3.21. The molecule has 2 amide bonds. The second-order valence-electron chi connectivity index (χ2n) is 6.00. The number of rotatable bonds is 6. The van der Waals surface area contributed by atoms with Gasteiger partial charge in [0, 0.05) is 18.7 Å². The first-order valence-electron chi connectivity index (χ1n) is 8.41. The molecular weight excluding hydrogens is 324 g/mol. The van der Waals surface area contributed by atoms with E-state index in [0.29, 0.717) is 22.8 Å². The Balaban J connectivity index is 2.12. The molecule has 0 radical (unpaired) electrons. The summed E-state index contributed by atoms with van der Waals surface area (Å²) >= 11 is 0. The molecule has 1 N–H and O–H groups in total. The number of hydrogen-bond acceptors (Lipinski definition) is 5. The molecule has 1 heterocycles. The van der Waals surface area contributed by atoms with Gasteiger partial charge in [-0.05, 0) is 38.3 Å². The van der Waals surface area contributed by atoms with Gasteiger partial charge in [0.2, 0.25) is 11.7 Å². The van der Waals surface area contributed by atoms with E-state index in [1.165, 1.54) is 21.3 Å². The van der Waals surface area contributed by atoms with Crippen molar-refractivity contribution in [2.24, 2.45) is 0 Å². The number of carbonyl (C=O) groups excluding carboxylic acids is 2. The maximum Gasteiger partial charge on any atom is 0.252 e. The number of piperidine rings is 1. The van der Waals surface area contributed by atoms with E-state index < -0.39 is 6.04 Å². The average molecular weight is 350 g/mol. The quantitative estimate of drug-likeness (QED) is 0.847. The first-order chi connectivity index (χ1) is 12.0. The van der Waals surface area contributed by atoms with Crippen LogP contribution in [0, 0.1) is 0 Å². The Morgan fingerprint density at radius 1 is 1.00 bits per heavy atom. The fraction of sp³-hybridized carbons (Fsp3) is 0.556. The van der Waals surface area contributed by atoms with Gasteiger partial charge in [0.05, 0.1) is 21.3 Å². The lowest BCUT2D eigenvalue weighted by molar-refractivity contribution is -0.133. The smallest absolute Gasteiger partial charge is 0.252 e. The van der Waals surface area contributed by atoms with Gasteiger partial charge in [0.25, 0.3) is 5.91 Å². The molecular formula is C18H26N2O5. The van der Waals surface area contributed by atoms with Crippen LogP contribution in [-0.4, -0.2) is 57.2 Å². The Kier molecular flexibility index (Phi) is 6.50. The minimum Gasteiger partial charge on any atom is -0.493 e. The maximum absolute atomic E-state index is 12.5. The van der Waals surface area contributed by atoms with Crippen molar-refractivity contribution in [2.75, 3.05) is 34.4 Å². The van der Waals surface area contributed by atoms with E-state index in [-0.39, 0.29) is 11.8 Å². The molecule has 1 atom stereocenters.